The van der Waals surface area contributed by atoms with Gasteiger partial charge in [-0.1, -0.05) is 5.92 Å². The smallest absolute Gasteiger partial charge is 0.150 e. The number of hydrogen-bond acceptors (Lipinski definition) is 2. The second-order valence-electron chi connectivity index (χ2n) is 2.14. The lowest BCUT2D eigenvalue weighted by atomic mass is 10.2. The molecule has 2 nitrogen and oxygen atoms in total. The summed E-state index contributed by atoms with van der Waals surface area (Å²) < 4.78 is 4.98. The molecule has 0 aliphatic carbocycles. The molecule has 0 aliphatic rings. The Hall–Kier alpha value is -1.75. The van der Waals surface area contributed by atoms with E-state index in [2.05, 4.69) is 12.0 Å². The van der Waals surface area contributed by atoms with Crippen LogP contribution in [-0.2, 0) is 0 Å². The Kier molecular flexibility index (Phi) is 2.92. The van der Waals surface area contributed by atoms with Crippen LogP contribution in [0.3, 0.4) is 0 Å². The number of ether oxygens (including phenoxy) is 1. The fraction of sp³-hybridized carbons (Fsp3) is 0.100. The molecule has 0 N–H and O–H groups in total. The summed E-state index contributed by atoms with van der Waals surface area (Å²) in [4.78, 5) is 10.3. The molecular formula is C10H8O2. The van der Waals surface area contributed by atoms with Crippen LogP contribution in [0.2, 0.25) is 0 Å². The highest BCUT2D eigenvalue weighted by Crippen LogP contribution is 2.09. The van der Waals surface area contributed by atoms with Crippen molar-refractivity contribution in [3.05, 3.63) is 29.8 Å². The summed E-state index contributed by atoms with van der Waals surface area (Å²) in [5.41, 5.74) is 0.631. The zero-order valence-corrected chi connectivity index (χ0v) is 6.70. The van der Waals surface area contributed by atoms with E-state index in [4.69, 9.17) is 4.74 Å². The van der Waals surface area contributed by atoms with Crippen LogP contribution in [0.1, 0.15) is 17.3 Å². The first-order valence-electron chi connectivity index (χ1n) is 3.50. The molecule has 0 aromatic heterocycles. The molecule has 0 saturated carbocycles. The van der Waals surface area contributed by atoms with Crippen LogP contribution in [0, 0.1) is 12.0 Å². The van der Waals surface area contributed by atoms with Crippen LogP contribution < -0.4 is 4.74 Å². The molecule has 1 aromatic rings. The lowest BCUT2D eigenvalue weighted by molar-refractivity contribution is 0.112. The monoisotopic (exact) mass is 160 g/mol. The third kappa shape index (κ3) is 2.14. The van der Waals surface area contributed by atoms with Crippen molar-refractivity contribution >= 4 is 6.29 Å². The molecule has 60 valence electrons. The molecule has 1 aromatic carbocycles. The van der Waals surface area contributed by atoms with Crippen molar-refractivity contribution in [3.63, 3.8) is 0 Å². The molecule has 2 heteroatoms. The summed E-state index contributed by atoms with van der Waals surface area (Å²) >= 11 is 0. The number of benzene rings is 1. The minimum atomic E-state index is 0.631. The van der Waals surface area contributed by atoms with E-state index in [1.54, 1.807) is 31.2 Å². The molecule has 0 radical (unpaired) electrons. The van der Waals surface area contributed by atoms with Gasteiger partial charge in [0.15, 0.2) is 0 Å². The summed E-state index contributed by atoms with van der Waals surface area (Å²) in [5.74, 6) is 3.25. The van der Waals surface area contributed by atoms with Crippen molar-refractivity contribution in [1.82, 2.24) is 0 Å². The first-order chi connectivity index (χ1) is 5.86. The van der Waals surface area contributed by atoms with Gasteiger partial charge in [-0.15, -0.1) is 0 Å². The fourth-order valence-corrected chi connectivity index (χ4v) is 0.724. The van der Waals surface area contributed by atoms with Gasteiger partial charge in [-0.05, 0) is 24.3 Å². The highest BCUT2D eigenvalue weighted by molar-refractivity contribution is 5.74. The van der Waals surface area contributed by atoms with Crippen molar-refractivity contribution in [1.29, 1.82) is 0 Å². The minimum absolute atomic E-state index is 0.631. The maximum Gasteiger partial charge on any atom is 0.150 e. The Morgan fingerprint density at radius 2 is 2.00 bits per heavy atom. The average molecular weight is 160 g/mol. The van der Waals surface area contributed by atoms with E-state index in [9.17, 15) is 4.79 Å². The highest BCUT2D eigenvalue weighted by atomic mass is 16.5. The fourth-order valence-electron chi connectivity index (χ4n) is 0.724. The Morgan fingerprint density at radius 3 is 2.50 bits per heavy atom. The molecule has 0 bridgehead atoms. The largest absolute Gasteiger partial charge is 0.408 e. The van der Waals surface area contributed by atoms with Gasteiger partial charge in [-0.25, -0.2) is 0 Å². The third-order valence-electron chi connectivity index (χ3n) is 1.29. The van der Waals surface area contributed by atoms with E-state index >= 15 is 0 Å². The Labute approximate surface area is 71.2 Å². The summed E-state index contributed by atoms with van der Waals surface area (Å²) in [5, 5.41) is 0. The molecule has 0 aliphatic heterocycles. The standard InChI is InChI=1S/C10H8O2/c1-2-7-12-10-5-3-9(8-11)4-6-10/h3-6,8H,1H3. The quantitative estimate of drug-likeness (QED) is 0.487. The van der Waals surface area contributed by atoms with Crippen LogP contribution >= 0.6 is 0 Å². The van der Waals surface area contributed by atoms with E-state index in [1.807, 2.05) is 0 Å². The molecule has 0 saturated heterocycles. The normalized spacial score (nSPS) is 8.08. The molecule has 0 heterocycles. The maximum atomic E-state index is 10.3. The summed E-state index contributed by atoms with van der Waals surface area (Å²) in [6.45, 7) is 1.69. The molecular weight excluding hydrogens is 152 g/mol. The first kappa shape index (κ1) is 8.35. The van der Waals surface area contributed by atoms with Crippen LogP contribution in [0.4, 0.5) is 0 Å². The molecule has 1 rings (SSSR count). The van der Waals surface area contributed by atoms with Crippen molar-refractivity contribution in [2.24, 2.45) is 0 Å². The lowest BCUT2D eigenvalue weighted by Gasteiger charge is -1.95. The van der Waals surface area contributed by atoms with Gasteiger partial charge in [0.25, 0.3) is 0 Å². The Balaban J connectivity index is 2.75. The molecule has 0 atom stereocenters. The average Bonchev–Trinajstić information content (AvgIpc) is 2.15. The lowest BCUT2D eigenvalue weighted by Crippen LogP contribution is -1.83. The topological polar surface area (TPSA) is 26.3 Å². The van der Waals surface area contributed by atoms with Gasteiger partial charge in [-0.2, -0.15) is 0 Å². The van der Waals surface area contributed by atoms with Crippen molar-refractivity contribution in [2.45, 2.75) is 6.92 Å². The Morgan fingerprint density at radius 1 is 1.33 bits per heavy atom. The zero-order chi connectivity index (χ0) is 8.81. The van der Waals surface area contributed by atoms with Crippen molar-refractivity contribution < 1.29 is 9.53 Å². The number of hydrogen-bond donors (Lipinski definition) is 0. The molecule has 12 heavy (non-hydrogen) atoms. The molecule has 0 spiro atoms. The van der Waals surface area contributed by atoms with Crippen molar-refractivity contribution in [2.75, 3.05) is 0 Å². The van der Waals surface area contributed by atoms with Gasteiger partial charge in [0.1, 0.15) is 18.1 Å². The van der Waals surface area contributed by atoms with E-state index in [1.165, 1.54) is 0 Å². The molecule has 0 amide bonds. The third-order valence-corrected chi connectivity index (χ3v) is 1.29. The number of rotatable bonds is 2. The zero-order valence-electron chi connectivity index (χ0n) is 6.70. The highest BCUT2D eigenvalue weighted by Gasteiger charge is 1.91. The van der Waals surface area contributed by atoms with E-state index in [-0.39, 0.29) is 0 Å². The van der Waals surface area contributed by atoms with Gasteiger partial charge >= 0.3 is 0 Å². The van der Waals surface area contributed by atoms with Crippen molar-refractivity contribution in [3.8, 4) is 17.8 Å². The van der Waals surface area contributed by atoms with Crippen LogP contribution in [0.25, 0.3) is 0 Å². The van der Waals surface area contributed by atoms with E-state index in [0.717, 1.165) is 6.29 Å². The van der Waals surface area contributed by atoms with Gasteiger partial charge < -0.3 is 4.74 Å². The number of carbonyl (C=O) groups excluding carboxylic acids is 1. The number of aldehydes is 1. The van der Waals surface area contributed by atoms with Gasteiger partial charge in [0.2, 0.25) is 0 Å². The van der Waals surface area contributed by atoms with Gasteiger partial charge in [-0.3, -0.25) is 4.79 Å². The second-order valence-corrected chi connectivity index (χ2v) is 2.14. The van der Waals surface area contributed by atoms with Gasteiger partial charge in [0, 0.05) is 12.5 Å². The summed E-state index contributed by atoms with van der Waals surface area (Å²) in [6, 6.07) is 6.77. The van der Waals surface area contributed by atoms with E-state index < -0.39 is 0 Å². The second kappa shape index (κ2) is 4.20. The maximum absolute atomic E-state index is 10.3. The molecule has 0 fully saturated rings. The van der Waals surface area contributed by atoms with Gasteiger partial charge in [0.05, 0.1) is 0 Å². The SMILES string of the molecule is CC#COc1ccc(C=O)cc1. The van der Waals surface area contributed by atoms with E-state index in [0.29, 0.717) is 11.3 Å². The summed E-state index contributed by atoms with van der Waals surface area (Å²) in [6.07, 6.45) is 3.25. The summed E-state index contributed by atoms with van der Waals surface area (Å²) in [7, 11) is 0. The predicted molar refractivity (Wildman–Crippen MR) is 45.9 cm³/mol. The Bertz CT molecular complexity index is 314. The predicted octanol–water partition coefficient (Wildman–Crippen LogP) is 1.86. The molecule has 0 unspecified atom stereocenters. The van der Waals surface area contributed by atoms with Crippen LogP contribution in [0.5, 0.6) is 5.75 Å². The number of carbonyl (C=O) groups is 1. The van der Waals surface area contributed by atoms with Crippen LogP contribution in [-0.4, -0.2) is 6.29 Å². The first-order valence-corrected chi connectivity index (χ1v) is 3.50. The van der Waals surface area contributed by atoms with Crippen LogP contribution in [0.15, 0.2) is 24.3 Å². The minimum Gasteiger partial charge on any atom is -0.408 e.